The van der Waals surface area contributed by atoms with Crippen molar-refractivity contribution in [2.75, 3.05) is 26.0 Å². The smallest absolute Gasteiger partial charge is 0.318 e. The fraction of sp³-hybridized carbons (Fsp3) is 0.300. The first-order valence-electron chi connectivity index (χ1n) is 9.32. The second-order valence-electron chi connectivity index (χ2n) is 7.21. The monoisotopic (exact) mass is 434 g/mol. The average Bonchev–Trinajstić information content (AvgIpc) is 3.13. The van der Waals surface area contributed by atoms with Crippen LogP contribution >= 0.6 is 0 Å². The zero-order valence-corrected chi connectivity index (χ0v) is 17.1. The molecule has 31 heavy (non-hydrogen) atoms. The third-order valence-corrected chi connectivity index (χ3v) is 4.41. The number of benzene rings is 1. The van der Waals surface area contributed by atoms with Crippen molar-refractivity contribution < 1.29 is 18.0 Å². The molecule has 0 unspecified atom stereocenters. The highest BCUT2D eigenvalue weighted by atomic mass is 19.4. The topological polar surface area (TPSA) is 85.1 Å². The maximum Gasteiger partial charge on any atom is 0.416 e. The summed E-state index contributed by atoms with van der Waals surface area (Å²) in [5.41, 5.74) is -1.20. The van der Waals surface area contributed by atoms with Gasteiger partial charge in [-0.15, -0.1) is 0 Å². The van der Waals surface area contributed by atoms with Crippen LogP contribution in [-0.4, -0.2) is 51.0 Å². The van der Waals surface area contributed by atoms with Gasteiger partial charge in [-0.1, -0.05) is 6.07 Å². The van der Waals surface area contributed by atoms with Crippen LogP contribution in [0.1, 0.15) is 21.7 Å². The second-order valence-corrected chi connectivity index (χ2v) is 7.21. The molecule has 2 aromatic heterocycles. The van der Waals surface area contributed by atoms with Crippen LogP contribution < -0.4 is 10.7 Å². The minimum Gasteiger partial charge on any atom is -0.318 e. The number of carbonyl (C=O) groups excluding carboxylic acids is 1. The van der Waals surface area contributed by atoms with Crippen molar-refractivity contribution in [3.8, 4) is 5.69 Å². The zero-order chi connectivity index (χ0) is 22.8. The van der Waals surface area contributed by atoms with Gasteiger partial charge in [-0.25, -0.2) is 4.68 Å². The van der Waals surface area contributed by atoms with Gasteiger partial charge in [0.15, 0.2) is 5.69 Å². The van der Waals surface area contributed by atoms with Gasteiger partial charge in [-0.05, 0) is 39.2 Å². The molecule has 0 spiro atoms. The van der Waals surface area contributed by atoms with E-state index in [4.69, 9.17) is 0 Å². The van der Waals surface area contributed by atoms with E-state index in [0.29, 0.717) is 12.2 Å². The molecule has 164 valence electrons. The third kappa shape index (κ3) is 5.37. The molecule has 0 aliphatic heterocycles. The minimum absolute atomic E-state index is 0.0814. The number of halogens is 3. The molecule has 0 fully saturated rings. The summed E-state index contributed by atoms with van der Waals surface area (Å²) in [6, 6.07) is 5.64. The number of amides is 1. The van der Waals surface area contributed by atoms with Crippen LogP contribution in [-0.2, 0) is 12.7 Å². The molecule has 8 nitrogen and oxygen atoms in total. The van der Waals surface area contributed by atoms with Crippen molar-refractivity contribution in [3.05, 3.63) is 69.9 Å². The van der Waals surface area contributed by atoms with Crippen molar-refractivity contribution in [3.63, 3.8) is 0 Å². The number of anilines is 1. The van der Waals surface area contributed by atoms with Gasteiger partial charge in [-0.3, -0.25) is 14.3 Å². The van der Waals surface area contributed by atoms with E-state index < -0.39 is 28.8 Å². The van der Waals surface area contributed by atoms with E-state index in [2.05, 4.69) is 15.5 Å². The number of nitrogens with one attached hydrogen (secondary N) is 1. The number of hydrogen-bond acceptors (Lipinski definition) is 5. The summed E-state index contributed by atoms with van der Waals surface area (Å²) in [6.45, 7) is 2.87. The van der Waals surface area contributed by atoms with Gasteiger partial charge in [0.2, 0.25) is 5.43 Å². The Balaban J connectivity index is 1.88. The molecule has 0 saturated heterocycles. The number of aryl methyl sites for hydroxylation is 1. The van der Waals surface area contributed by atoms with Crippen molar-refractivity contribution in [1.29, 1.82) is 0 Å². The summed E-state index contributed by atoms with van der Waals surface area (Å²) >= 11 is 0. The number of rotatable bonds is 6. The van der Waals surface area contributed by atoms with E-state index in [-0.39, 0.29) is 11.4 Å². The first-order valence-corrected chi connectivity index (χ1v) is 9.32. The van der Waals surface area contributed by atoms with Gasteiger partial charge in [0.1, 0.15) is 0 Å². The molecule has 0 saturated carbocycles. The molecule has 0 aliphatic carbocycles. The molecular formula is C20H21F3N6O2. The van der Waals surface area contributed by atoms with E-state index in [1.54, 1.807) is 10.9 Å². The Bertz CT molecular complexity index is 1150. The zero-order valence-electron chi connectivity index (χ0n) is 17.1. The van der Waals surface area contributed by atoms with Crippen molar-refractivity contribution in [1.82, 2.24) is 24.5 Å². The van der Waals surface area contributed by atoms with Gasteiger partial charge < -0.3 is 10.2 Å². The van der Waals surface area contributed by atoms with Crippen LogP contribution in [0.25, 0.3) is 5.69 Å². The van der Waals surface area contributed by atoms with Gasteiger partial charge >= 0.3 is 6.18 Å². The van der Waals surface area contributed by atoms with E-state index in [9.17, 15) is 22.8 Å². The maximum atomic E-state index is 13.0. The Morgan fingerprint density at radius 1 is 1.23 bits per heavy atom. The maximum absolute atomic E-state index is 13.0. The normalized spacial score (nSPS) is 11.7. The van der Waals surface area contributed by atoms with Crippen molar-refractivity contribution >= 4 is 11.6 Å². The number of alkyl halides is 3. The fourth-order valence-electron chi connectivity index (χ4n) is 2.82. The molecule has 0 bridgehead atoms. The third-order valence-electron chi connectivity index (χ3n) is 4.41. The number of likely N-dealkylation sites (N-methyl/N-ethyl adjacent to an activating group) is 1. The highest BCUT2D eigenvalue weighted by Gasteiger charge is 2.30. The molecule has 11 heteroatoms. The van der Waals surface area contributed by atoms with Gasteiger partial charge in [0.05, 0.1) is 29.7 Å². The molecule has 0 radical (unpaired) electrons. The Kier molecular flexibility index (Phi) is 6.25. The Labute approximate surface area is 175 Å². The summed E-state index contributed by atoms with van der Waals surface area (Å²) in [7, 11) is 3.84. The Morgan fingerprint density at radius 3 is 2.65 bits per heavy atom. The molecule has 0 atom stereocenters. The lowest BCUT2D eigenvalue weighted by Gasteiger charge is -2.13. The van der Waals surface area contributed by atoms with Crippen molar-refractivity contribution in [2.24, 2.45) is 0 Å². The number of nitrogens with zero attached hydrogens (tertiary/aromatic N) is 5. The first-order chi connectivity index (χ1) is 14.5. The summed E-state index contributed by atoms with van der Waals surface area (Å²) in [6.07, 6.45) is -1.48. The van der Waals surface area contributed by atoms with Gasteiger partial charge in [-0.2, -0.15) is 23.4 Å². The van der Waals surface area contributed by atoms with Crippen molar-refractivity contribution in [2.45, 2.75) is 19.6 Å². The lowest BCUT2D eigenvalue weighted by Crippen LogP contribution is -2.27. The lowest BCUT2D eigenvalue weighted by atomic mass is 10.2. The standard InChI is InChI=1S/C20H21F3N6O2/c1-13-9-17(30)18(19(31)25-15-11-24-28(12-15)8-7-27(2)3)26-29(13)16-6-4-5-14(10-16)20(21,22)23/h4-6,9-12H,7-8H2,1-3H3,(H,25,31). The van der Waals surface area contributed by atoms with Crippen LogP contribution in [0.5, 0.6) is 0 Å². The number of carbonyl (C=O) groups is 1. The molecule has 3 rings (SSSR count). The quantitative estimate of drug-likeness (QED) is 0.645. The highest BCUT2D eigenvalue weighted by molar-refractivity contribution is 6.02. The summed E-state index contributed by atoms with van der Waals surface area (Å²) in [5.74, 6) is -0.780. The summed E-state index contributed by atoms with van der Waals surface area (Å²) < 4.78 is 41.9. The van der Waals surface area contributed by atoms with Crippen LogP contribution in [0.15, 0.2) is 47.5 Å². The summed E-state index contributed by atoms with van der Waals surface area (Å²) in [5, 5.41) is 10.7. The molecular weight excluding hydrogens is 413 g/mol. The Hall–Kier alpha value is -3.47. The van der Waals surface area contributed by atoms with Crippen LogP contribution in [0.3, 0.4) is 0 Å². The second kappa shape index (κ2) is 8.72. The molecule has 2 heterocycles. The van der Waals surface area contributed by atoms with Crippen LogP contribution in [0, 0.1) is 6.92 Å². The molecule has 1 amide bonds. The molecule has 1 aromatic carbocycles. The minimum atomic E-state index is -4.53. The van der Waals surface area contributed by atoms with E-state index >= 15 is 0 Å². The van der Waals surface area contributed by atoms with E-state index in [1.807, 2.05) is 19.0 Å². The fourth-order valence-corrected chi connectivity index (χ4v) is 2.82. The number of hydrogen-bond donors (Lipinski definition) is 1. The van der Waals surface area contributed by atoms with Gasteiger partial charge in [0.25, 0.3) is 5.91 Å². The largest absolute Gasteiger partial charge is 0.416 e. The van der Waals surface area contributed by atoms with Crippen LogP contribution in [0.2, 0.25) is 0 Å². The van der Waals surface area contributed by atoms with E-state index in [1.165, 1.54) is 25.3 Å². The molecule has 3 aromatic rings. The predicted octanol–water partition coefficient (Wildman–Crippen LogP) is 2.57. The molecule has 1 N–H and O–H groups in total. The highest BCUT2D eigenvalue weighted by Crippen LogP contribution is 2.30. The Morgan fingerprint density at radius 2 is 1.97 bits per heavy atom. The predicted molar refractivity (Wildman–Crippen MR) is 108 cm³/mol. The van der Waals surface area contributed by atoms with Crippen LogP contribution in [0.4, 0.5) is 18.9 Å². The van der Waals surface area contributed by atoms with Gasteiger partial charge in [0, 0.05) is 24.5 Å². The first kappa shape index (κ1) is 22.2. The number of aromatic nitrogens is 4. The van der Waals surface area contributed by atoms with E-state index in [0.717, 1.165) is 29.4 Å². The average molecular weight is 434 g/mol. The molecule has 0 aliphatic rings. The SMILES string of the molecule is Cc1cc(=O)c(C(=O)Nc2cnn(CCN(C)C)c2)nn1-c1cccc(C(F)(F)F)c1. The lowest BCUT2D eigenvalue weighted by molar-refractivity contribution is -0.137. The summed E-state index contributed by atoms with van der Waals surface area (Å²) in [4.78, 5) is 26.9.